The predicted octanol–water partition coefficient (Wildman–Crippen LogP) is 11.2. The fourth-order valence-electron chi connectivity index (χ4n) is 8.58. The number of fused-ring (bicyclic) bond motifs is 11. The van der Waals surface area contributed by atoms with E-state index in [0.717, 1.165) is 50.4 Å². The second-order valence-electron chi connectivity index (χ2n) is 16.1. The van der Waals surface area contributed by atoms with E-state index in [1.165, 1.54) is 11.1 Å². The van der Waals surface area contributed by atoms with Crippen LogP contribution in [0.2, 0.25) is 0 Å². The third kappa shape index (κ3) is 4.04. The molecule has 244 valence electrons. The van der Waals surface area contributed by atoms with E-state index in [1.54, 1.807) is 12.1 Å². The average molecular weight is 650 g/mol. The van der Waals surface area contributed by atoms with Gasteiger partial charge >= 0.3 is 0 Å². The molecule has 0 radical (unpaired) electrons. The number of benzene rings is 6. The molecule has 3 heteroatoms. The van der Waals surface area contributed by atoms with Gasteiger partial charge < -0.3 is 4.90 Å². The maximum Gasteiger partial charge on any atom is 0.194 e. The van der Waals surface area contributed by atoms with E-state index in [9.17, 15) is 9.59 Å². The molecule has 6 aromatic rings. The third-order valence-corrected chi connectivity index (χ3v) is 11.1. The summed E-state index contributed by atoms with van der Waals surface area (Å²) in [5, 5.41) is 0. The highest BCUT2D eigenvalue weighted by atomic mass is 16.1. The molecule has 1 heterocycles. The summed E-state index contributed by atoms with van der Waals surface area (Å²) in [5.41, 5.74) is 13.6. The second kappa shape index (κ2) is 10.2. The fourth-order valence-corrected chi connectivity index (χ4v) is 8.58. The van der Waals surface area contributed by atoms with Crippen molar-refractivity contribution in [3.05, 3.63) is 183 Å². The van der Waals surface area contributed by atoms with Crippen molar-refractivity contribution in [3.8, 4) is 11.1 Å². The Kier molecular flexibility index (Phi) is 6.25. The molecule has 3 aliphatic rings. The van der Waals surface area contributed by atoms with Gasteiger partial charge in [0, 0.05) is 27.9 Å². The Morgan fingerprint density at radius 1 is 0.420 bits per heavy atom. The molecular weight excluding hydrogens is 611 g/mol. The zero-order valence-electron chi connectivity index (χ0n) is 29.4. The van der Waals surface area contributed by atoms with Crippen molar-refractivity contribution in [2.75, 3.05) is 4.90 Å². The van der Waals surface area contributed by atoms with E-state index in [0.29, 0.717) is 22.3 Å². The van der Waals surface area contributed by atoms with E-state index in [1.807, 2.05) is 24.3 Å². The molecule has 9 rings (SSSR count). The lowest BCUT2D eigenvalue weighted by molar-refractivity contribution is 0.0979. The lowest BCUT2D eigenvalue weighted by atomic mass is 9.64. The molecule has 50 heavy (non-hydrogen) atoms. The number of rotatable bonds is 1. The number of ketones is 2. The number of nitrogens with zero attached hydrogens (tertiary/aromatic N) is 1. The van der Waals surface area contributed by atoms with Gasteiger partial charge in [-0.1, -0.05) is 133 Å². The van der Waals surface area contributed by atoms with Crippen LogP contribution in [0.5, 0.6) is 0 Å². The van der Waals surface area contributed by atoms with Crippen LogP contribution in [0.1, 0.15) is 107 Å². The van der Waals surface area contributed by atoms with E-state index in [2.05, 4.69) is 137 Å². The van der Waals surface area contributed by atoms with Crippen molar-refractivity contribution in [2.24, 2.45) is 0 Å². The monoisotopic (exact) mass is 649 g/mol. The Balaban J connectivity index is 1.37. The highest BCUT2D eigenvalue weighted by molar-refractivity contribution is 6.29. The SMILES string of the molecule is CC(C)(C)c1cc(N2c3ccccc3C3(c4ccccc4-c4cc5c(cc43)C(=O)c3ccccc3C5=O)c3ccccc32)cc(C(C)(C)C)c1. The number of carbonyl (C=O) groups is 2. The number of hydrogen-bond acceptors (Lipinski definition) is 3. The normalized spacial score (nSPS) is 15.2. The summed E-state index contributed by atoms with van der Waals surface area (Å²) in [7, 11) is 0. The Bertz CT molecular complexity index is 2370. The molecule has 2 aliphatic carbocycles. The van der Waals surface area contributed by atoms with Crippen molar-refractivity contribution >= 4 is 28.6 Å². The Labute approximate surface area is 294 Å². The molecule has 0 amide bonds. The van der Waals surface area contributed by atoms with Gasteiger partial charge in [-0.05, 0) is 91.7 Å². The minimum absolute atomic E-state index is 0.0446. The van der Waals surface area contributed by atoms with Crippen LogP contribution < -0.4 is 4.90 Å². The number of hydrogen-bond donors (Lipinski definition) is 0. The second-order valence-corrected chi connectivity index (χ2v) is 16.1. The van der Waals surface area contributed by atoms with Crippen molar-refractivity contribution < 1.29 is 9.59 Å². The molecule has 0 aromatic heterocycles. The molecule has 0 bridgehead atoms. The maximum atomic E-state index is 14.2. The third-order valence-electron chi connectivity index (χ3n) is 11.1. The van der Waals surface area contributed by atoms with Gasteiger partial charge in [0.25, 0.3) is 0 Å². The highest BCUT2D eigenvalue weighted by Crippen LogP contribution is 2.64. The quantitative estimate of drug-likeness (QED) is 0.178. The van der Waals surface area contributed by atoms with E-state index in [-0.39, 0.29) is 22.4 Å². The topological polar surface area (TPSA) is 37.4 Å². The standard InChI is InChI=1S/C47H39NO2/c1-45(2,3)28-23-29(46(4,5)6)25-30(24-28)48-41-21-13-11-19-38(41)47(39-20-12-14-22-42(39)48)37-18-10-9-15-31(37)34-26-35-36(27-40(34)47)44(50)33-17-8-7-16-32(33)43(35)49/h7-27H,1-6H3. The largest absolute Gasteiger partial charge is 0.310 e. The first-order valence-corrected chi connectivity index (χ1v) is 17.5. The number of anilines is 3. The van der Waals surface area contributed by atoms with Gasteiger partial charge in [0.05, 0.1) is 16.8 Å². The molecule has 0 saturated carbocycles. The van der Waals surface area contributed by atoms with Crippen LogP contribution >= 0.6 is 0 Å². The molecule has 0 atom stereocenters. The first kappa shape index (κ1) is 30.5. The molecule has 3 nitrogen and oxygen atoms in total. The van der Waals surface area contributed by atoms with Crippen LogP contribution in [0.3, 0.4) is 0 Å². The van der Waals surface area contributed by atoms with E-state index < -0.39 is 5.41 Å². The lowest BCUT2D eigenvalue weighted by Crippen LogP contribution is -2.36. The van der Waals surface area contributed by atoms with Crippen LogP contribution in [-0.4, -0.2) is 11.6 Å². The predicted molar refractivity (Wildman–Crippen MR) is 203 cm³/mol. The summed E-state index contributed by atoms with van der Waals surface area (Å²) in [5.74, 6) is -0.197. The molecule has 6 aromatic carbocycles. The molecule has 0 unspecified atom stereocenters. The van der Waals surface area contributed by atoms with Gasteiger partial charge in [-0.25, -0.2) is 0 Å². The molecule has 0 N–H and O–H groups in total. The molecular formula is C47H39NO2. The molecule has 1 spiro atoms. The summed E-state index contributed by atoms with van der Waals surface area (Å²) in [6.07, 6.45) is 0. The molecule has 0 fully saturated rings. The van der Waals surface area contributed by atoms with Crippen molar-refractivity contribution in [1.29, 1.82) is 0 Å². The average Bonchev–Trinajstić information content (AvgIpc) is 3.39. The Morgan fingerprint density at radius 2 is 0.860 bits per heavy atom. The lowest BCUT2D eigenvalue weighted by Gasteiger charge is -2.45. The van der Waals surface area contributed by atoms with Crippen LogP contribution in [0, 0.1) is 0 Å². The zero-order valence-corrected chi connectivity index (χ0v) is 29.4. The molecule has 0 saturated heterocycles. The van der Waals surface area contributed by atoms with Crippen molar-refractivity contribution in [3.63, 3.8) is 0 Å². The Hall–Kier alpha value is -5.54. The fraction of sp³-hybridized carbons (Fsp3) is 0.191. The van der Waals surface area contributed by atoms with Gasteiger partial charge in [0.2, 0.25) is 0 Å². The highest BCUT2D eigenvalue weighted by Gasteiger charge is 2.52. The van der Waals surface area contributed by atoms with Crippen molar-refractivity contribution in [2.45, 2.75) is 57.8 Å². The van der Waals surface area contributed by atoms with Crippen LogP contribution in [-0.2, 0) is 16.2 Å². The van der Waals surface area contributed by atoms with Crippen molar-refractivity contribution in [1.82, 2.24) is 0 Å². The summed E-state index contributed by atoms with van der Waals surface area (Å²) >= 11 is 0. The summed E-state index contributed by atoms with van der Waals surface area (Å²) in [6, 6.07) is 44.4. The zero-order chi connectivity index (χ0) is 34.7. The van der Waals surface area contributed by atoms with Gasteiger partial charge in [-0.15, -0.1) is 0 Å². The van der Waals surface area contributed by atoms with Crippen LogP contribution in [0.4, 0.5) is 17.1 Å². The van der Waals surface area contributed by atoms with Gasteiger partial charge in [-0.2, -0.15) is 0 Å². The number of para-hydroxylation sites is 2. The smallest absolute Gasteiger partial charge is 0.194 e. The van der Waals surface area contributed by atoms with E-state index in [4.69, 9.17) is 0 Å². The summed E-state index contributed by atoms with van der Waals surface area (Å²) < 4.78 is 0. The van der Waals surface area contributed by atoms with Gasteiger partial charge in [-0.3, -0.25) is 9.59 Å². The Morgan fingerprint density at radius 3 is 1.38 bits per heavy atom. The molecule has 1 aliphatic heterocycles. The number of carbonyl (C=O) groups excluding carboxylic acids is 2. The van der Waals surface area contributed by atoms with Crippen LogP contribution in [0.15, 0.2) is 127 Å². The van der Waals surface area contributed by atoms with E-state index >= 15 is 0 Å². The minimum atomic E-state index is -0.709. The van der Waals surface area contributed by atoms with Gasteiger partial charge in [0.1, 0.15) is 0 Å². The first-order chi connectivity index (χ1) is 23.9. The maximum absolute atomic E-state index is 14.2. The first-order valence-electron chi connectivity index (χ1n) is 17.5. The summed E-state index contributed by atoms with van der Waals surface area (Å²) in [6.45, 7) is 13.7. The summed E-state index contributed by atoms with van der Waals surface area (Å²) in [4.78, 5) is 30.6. The van der Waals surface area contributed by atoms with Crippen LogP contribution in [0.25, 0.3) is 11.1 Å². The van der Waals surface area contributed by atoms with Gasteiger partial charge in [0.15, 0.2) is 11.6 Å². The minimum Gasteiger partial charge on any atom is -0.310 e.